The van der Waals surface area contributed by atoms with E-state index in [0.717, 1.165) is 13.1 Å². The zero-order chi connectivity index (χ0) is 12.5. The molecule has 2 rings (SSSR count). The van der Waals surface area contributed by atoms with Gasteiger partial charge >= 0.3 is 0 Å². The van der Waals surface area contributed by atoms with Crippen LogP contribution in [0.2, 0.25) is 0 Å². The highest BCUT2D eigenvalue weighted by atomic mass is 15.3. The van der Waals surface area contributed by atoms with Crippen molar-refractivity contribution in [2.24, 2.45) is 5.73 Å². The lowest BCUT2D eigenvalue weighted by molar-refractivity contribution is 0.0314. The monoisotopic (exact) mass is 240 g/mol. The minimum absolute atomic E-state index is 0.262. The summed E-state index contributed by atoms with van der Waals surface area (Å²) in [5.74, 6) is 0. The first-order chi connectivity index (χ1) is 8.07. The summed E-state index contributed by atoms with van der Waals surface area (Å²) in [6, 6.07) is 0.678. The van der Waals surface area contributed by atoms with E-state index >= 15 is 0 Å². The summed E-state index contributed by atoms with van der Waals surface area (Å²) in [5, 5.41) is 0. The average Bonchev–Trinajstić information content (AvgIpc) is 2.72. The lowest BCUT2D eigenvalue weighted by Gasteiger charge is -2.46. The first kappa shape index (κ1) is 13.3. The molecule has 1 atom stereocenters. The van der Waals surface area contributed by atoms with Gasteiger partial charge in [0.2, 0.25) is 0 Å². The van der Waals surface area contributed by atoms with Gasteiger partial charge in [-0.3, -0.25) is 9.80 Å². The molecule has 0 radical (unpaired) electrons. The molecule has 2 saturated heterocycles. The van der Waals surface area contributed by atoms with Gasteiger partial charge in [-0.15, -0.1) is 0 Å². The molecule has 2 N–H and O–H groups in total. The lowest BCUT2D eigenvalue weighted by atomic mass is 9.95. The van der Waals surface area contributed by atoms with Crippen LogP contribution in [0.4, 0.5) is 0 Å². The molecule has 2 aliphatic rings. The van der Waals surface area contributed by atoms with Crippen molar-refractivity contribution in [3.63, 3.8) is 0 Å². The zero-order valence-corrected chi connectivity index (χ0v) is 11.7. The van der Waals surface area contributed by atoms with E-state index in [1.165, 1.54) is 39.1 Å². The molecule has 100 valence electrons. The van der Waals surface area contributed by atoms with Crippen molar-refractivity contribution in [1.29, 1.82) is 0 Å². The van der Waals surface area contributed by atoms with E-state index in [1.807, 2.05) is 0 Å². The van der Waals surface area contributed by atoms with Crippen LogP contribution < -0.4 is 5.73 Å². The number of hydrogen-bond donors (Lipinski definition) is 1. The second-order valence-corrected chi connectivity index (χ2v) is 6.03. The topological polar surface area (TPSA) is 35.7 Å². The van der Waals surface area contributed by atoms with E-state index in [-0.39, 0.29) is 5.54 Å². The Morgan fingerprint density at radius 1 is 1.12 bits per heavy atom. The zero-order valence-electron chi connectivity index (χ0n) is 11.7. The molecule has 2 fully saturated rings. The minimum atomic E-state index is 0.262. The van der Waals surface area contributed by atoms with Gasteiger partial charge in [0, 0.05) is 50.8 Å². The van der Waals surface area contributed by atoms with E-state index in [2.05, 4.69) is 35.6 Å². The summed E-state index contributed by atoms with van der Waals surface area (Å²) < 4.78 is 0. The summed E-state index contributed by atoms with van der Waals surface area (Å²) >= 11 is 0. The molecule has 2 aliphatic heterocycles. The molecular formula is C13H28N4. The molecule has 4 nitrogen and oxygen atoms in total. The molecule has 0 bridgehead atoms. The van der Waals surface area contributed by atoms with Crippen molar-refractivity contribution in [1.82, 2.24) is 14.7 Å². The largest absolute Gasteiger partial charge is 0.329 e. The quantitative estimate of drug-likeness (QED) is 0.756. The number of hydrogen-bond acceptors (Lipinski definition) is 4. The fourth-order valence-electron chi connectivity index (χ4n) is 3.33. The third-order valence-corrected chi connectivity index (χ3v) is 4.62. The van der Waals surface area contributed by atoms with Crippen molar-refractivity contribution in [3.8, 4) is 0 Å². The second kappa shape index (κ2) is 5.22. The van der Waals surface area contributed by atoms with Crippen LogP contribution in [0.25, 0.3) is 0 Å². The van der Waals surface area contributed by atoms with E-state index in [9.17, 15) is 0 Å². The molecule has 4 heteroatoms. The number of likely N-dealkylation sites (N-methyl/N-ethyl adjacent to an activating group) is 1. The summed E-state index contributed by atoms with van der Waals surface area (Å²) in [5.41, 5.74) is 6.34. The molecule has 0 aromatic carbocycles. The van der Waals surface area contributed by atoms with Gasteiger partial charge in [0.1, 0.15) is 0 Å². The highest BCUT2D eigenvalue weighted by Crippen LogP contribution is 2.27. The molecule has 1 unspecified atom stereocenters. The molecule has 0 aromatic heterocycles. The van der Waals surface area contributed by atoms with Gasteiger partial charge in [0.25, 0.3) is 0 Å². The van der Waals surface area contributed by atoms with Crippen LogP contribution in [0, 0.1) is 0 Å². The minimum Gasteiger partial charge on any atom is -0.329 e. The Morgan fingerprint density at radius 2 is 1.76 bits per heavy atom. The molecular weight excluding hydrogens is 212 g/mol. The smallest absolute Gasteiger partial charge is 0.0471 e. The summed E-state index contributed by atoms with van der Waals surface area (Å²) in [4.78, 5) is 7.64. The van der Waals surface area contributed by atoms with Crippen LogP contribution in [0.1, 0.15) is 20.3 Å². The maximum atomic E-state index is 6.07. The molecule has 0 spiro atoms. The molecule has 0 aromatic rings. The highest BCUT2D eigenvalue weighted by molar-refractivity contribution is 5.00. The van der Waals surface area contributed by atoms with Gasteiger partial charge < -0.3 is 10.6 Å². The Labute approximate surface area is 106 Å². The van der Waals surface area contributed by atoms with Gasteiger partial charge in [-0.05, 0) is 33.9 Å². The van der Waals surface area contributed by atoms with E-state index < -0.39 is 0 Å². The standard InChI is InChI=1S/C13H28N4/c1-12(2)16-6-8-17(9-7-16)13(10-14)4-5-15(3)11-13/h12H,4-11,14H2,1-3H3. The third-order valence-electron chi connectivity index (χ3n) is 4.62. The van der Waals surface area contributed by atoms with Crippen molar-refractivity contribution >= 4 is 0 Å². The molecule has 0 saturated carbocycles. The second-order valence-electron chi connectivity index (χ2n) is 6.03. The molecule has 17 heavy (non-hydrogen) atoms. The summed E-state index contributed by atoms with van der Waals surface area (Å²) in [6.45, 7) is 12.5. The number of piperazine rings is 1. The maximum absolute atomic E-state index is 6.07. The van der Waals surface area contributed by atoms with Crippen LogP contribution in [-0.4, -0.2) is 79.1 Å². The Bertz CT molecular complexity index is 248. The van der Waals surface area contributed by atoms with Crippen LogP contribution in [0.3, 0.4) is 0 Å². The Hall–Kier alpha value is -0.160. The van der Waals surface area contributed by atoms with Gasteiger partial charge in [0.05, 0.1) is 0 Å². The van der Waals surface area contributed by atoms with Crippen molar-refractivity contribution in [2.75, 3.05) is 52.9 Å². The first-order valence-electron chi connectivity index (χ1n) is 6.95. The van der Waals surface area contributed by atoms with Crippen molar-refractivity contribution in [3.05, 3.63) is 0 Å². The number of rotatable bonds is 3. The molecule has 2 heterocycles. The van der Waals surface area contributed by atoms with Gasteiger partial charge in [-0.2, -0.15) is 0 Å². The van der Waals surface area contributed by atoms with Gasteiger partial charge in [-0.1, -0.05) is 0 Å². The summed E-state index contributed by atoms with van der Waals surface area (Å²) in [7, 11) is 2.21. The Balaban J connectivity index is 1.95. The Kier molecular flexibility index (Phi) is 4.08. The van der Waals surface area contributed by atoms with E-state index in [4.69, 9.17) is 5.73 Å². The molecule has 0 amide bonds. The predicted octanol–water partition coefficient (Wildman–Crippen LogP) is 0.0454. The van der Waals surface area contributed by atoms with Crippen molar-refractivity contribution in [2.45, 2.75) is 31.8 Å². The predicted molar refractivity (Wildman–Crippen MR) is 72.2 cm³/mol. The number of nitrogens with two attached hydrogens (primary N) is 1. The lowest BCUT2D eigenvalue weighted by Crippen LogP contribution is -2.61. The highest BCUT2D eigenvalue weighted by Gasteiger charge is 2.41. The summed E-state index contributed by atoms with van der Waals surface area (Å²) in [6.07, 6.45) is 1.24. The normalized spacial score (nSPS) is 33.7. The van der Waals surface area contributed by atoms with Crippen LogP contribution >= 0.6 is 0 Å². The fraction of sp³-hybridized carbons (Fsp3) is 1.00. The van der Waals surface area contributed by atoms with E-state index in [1.54, 1.807) is 0 Å². The van der Waals surface area contributed by atoms with Gasteiger partial charge in [-0.25, -0.2) is 0 Å². The average molecular weight is 240 g/mol. The number of nitrogens with zero attached hydrogens (tertiary/aromatic N) is 3. The third kappa shape index (κ3) is 2.65. The van der Waals surface area contributed by atoms with Crippen LogP contribution in [0.15, 0.2) is 0 Å². The van der Waals surface area contributed by atoms with Crippen LogP contribution in [0.5, 0.6) is 0 Å². The molecule has 0 aliphatic carbocycles. The van der Waals surface area contributed by atoms with Crippen molar-refractivity contribution < 1.29 is 0 Å². The van der Waals surface area contributed by atoms with Crippen LogP contribution in [-0.2, 0) is 0 Å². The number of likely N-dealkylation sites (tertiary alicyclic amines) is 1. The fourth-order valence-corrected chi connectivity index (χ4v) is 3.33. The van der Waals surface area contributed by atoms with Gasteiger partial charge in [0.15, 0.2) is 0 Å². The Morgan fingerprint density at radius 3 is 2.18 bits per heavy atom. The van der Waals surface area contributed by atoms with E-state index in [0.29, 0.717) is 6.04 Å². The SMILES string of the molecule is CC(C)N1CCN(C2(CN)CCN(C)C2)CC1. The first-order valence-corrected chi connectivity index (χ1v) is 6.95. The maximum Gasteiger partial charge on any atom is 0.0471 e.